The number of hydrogen-bond donors (Lipinski definition) is 0. The van der Waals surface area contributed by atoms with Crippen molar-refractivity contribution in [3.8, 4) is 0 Å². The van der Waals surface area contributed by atoms with Crippen LogP contribution in [0.5, 0.6) is 0 Å². The highest BCUT2D eigenvalue weighted by molar-refractivity contribution is 7.97. The predicted octanol–water partition coefficient (Wildman–Crippen LogP) is 5.37. The number of nitrogens with zero attached hydrogens (tertiary/aromatic N) is 2. The minimum atomic E-state index is -1.76. The maximum atomic E-state index is 12.6. The fourth-order valence-electron chi connectivity index (χ4n) is 3.34. The monoisotopic (exact) mass is 366 g/mol. The van der Waals surface area contributed by atoms with Crippen molar-refractivity contribution in [2.24, 2.45) is 8.73 Å². The molecule has 1 heterocycles. The Bertz CT molecular complexity index is 1010. The van der Waals surface area contributed by atoms with Crippen LogP contribution in [0, 0.1) is 0 Å². The van der Waals surface area contributed by atoms with E-state index >= 15 is 0 Å². The van der Waals surface area contributed by atoms with Gasteiger partial charge in [0, 0.05) is 15.7 Å². The molecule has 0 spiro atoms. The molecule has 1 aliphatic heterocycles. The molecule has 4 nitrogen and oxygen atoms in total. The zero-order chi connectivity index (χ0) is 18.1. The Morgan fingerprint density at radius 2 is 1.85 bits per heavy atom. The van der Waals surface area contributed by atoms with Gasteiger partial charge in [0.05, 0.1) is 23.6 Å². The number of fused-ring (bicyclic) bond motifs is 1. The highest BCUT2D eigenvalue weighted by atomic mass is 32.2. The molecule has 26 heavy (non-hydrogen) atoms. The van der Waals surface area contributed by atoms with Crippen LogP contribution in [0.4, 0.5) is 5.69 Å². The van der Waals surface area contributed by atoms with Crippen LogP contribution < -0.4 is 0 Å². The molecular formula is C21H22N2O2S. The van der Waals surface area contributed by atoms with Gasteiger partial charge in [-0.15, -0.1) is 0 Å². The van der Waals surface area contributed by atoms with E-state index in [1.807, 2.05) is 62.4 Å². The third kappa shape index (κ3) is 2.86. The molecule has 0 saturated heterocycles. The van der Waals surface area contributed by atoms with E-state index in [0.29, 0.717) is 17.4 Å². The second-order valence-electron chi connectivity index (χ2n) is 6.49. The van der Waals surface area contributed by atoms with Gasteiger partial charge < -0.3 is 4.74 Å². The van der Waals surface area contributed by atoms with Gasteiger partial charge in [0.2, 0.25) is 0 Å². The molecule has 1 atom stereocenters. The standard InChI is InChI=1S/C21H22N2O2S/c1-3-25-21(24)20-15(2)22-26(17-13-14-17,19-12-8-7-11-18(19)20)23-16-9-5-4-6-10-16/h4-12,17H,3,13-14H2,1-2H3. The van der Waals surface area contributed by atoms with Crippen LogP contribution in [0.1, 0.15) is 32.3 Å². The maximum Gasteiger partial charge on any atom is 0.340 e. The van der Waals surface area contributed by atoms with Crippen LogP contribution in [0.3, 0.4) is 0 Å². The van der Waals surface area contributed by atoms with Crippen molar-refractivity contribution < 1.29 is 9.53 Å². The van der Waals surface area contributed by atoms with E-state index < -0.39 is 9.62 Å². The first-order chi connectivity index (χ1) is 12.7. The fraction of sp³-hybridized carbons (Fsp3) is 0.286. The Balaban J connectivity index is 2.03. The Morgan fingerprint density at radius 3 is 2.54 bits per heavy atom. The van der Waals surface area contributed by atoms with Gasteiger partial charge in [-0.3, -0.25) is 0 Å². The third-order valence-corrected chi connectivity index (χ3v) is 8.03. The number of rotatable bonds is 4. The summed E-state index contributed by atoms with van der Waals surface area (Å²) in [6, 6.07) is 18.1. The van der Waals surface area contributed by atoms with Gasteiger partial charge in [-0.05, 0) is 54.5 Å². The number of esters is 1. The molecule has 2 aromatic carbocycles. The van der Waals surface area contributed by atoms with E-state index in [9.17, 15) is 4.79 Å². The van der Waals surface area contributed by atoms with Crippen LogP contribution in [0.15, 0.2) is 73.9 Å². The molecule has 5 heteroatoms. The van der Waals surface area contributed by atoms with Gasteiger partial charge in [-0.2, -0.15) is 0 Å². The van der Waals surface area contributed by atoms with E-state index in [0.717, 1.165) is 34.7 Å². The average molecular weight is 366 g/mol. The molecule has 4 rings (SSSR count). The van der Waals surface area contributed by atoms with Crippen molar-refractivity contribution in [2.45, 2.75) is 36.8 Å². The summed E-state index contributed by atoms with van der Waals surface area (Å²) in [4.78, 5) is 13.6. The Labute approximate surface area is 154 Å². The minimum Gasteiger partial charge on any atom is -0.462 e. The summed E-state index contributed by atoms with van der Waals surface area (Å²) in [6.45, 7) is 4.09. The number of benzene rings is 2. The van der Waals surface area contributed by atoms with Crippen molar-refractivity contribution >= 4 is 26.9 Å². The molecule has 0 aromatic heterocycles. The number of hydrogen-bond acceptors (Lipinski definition) is 4. The molecule has 0 N–H and O–H groups in total. The van der Waals surface area contributed by atoms with Gasteiger partial charge in [0.25, 0.3) is 0 Å². The molecule has 1 unspecified atom stereocenters. The van der Waals surface area contributed by atoms with Gasteiger partial charge in [-0.25, -0.2) is 13.5 Å². The third-order valence-electron chi connectivity index (χ3n) is 4.59. The quantitative estimate of drug-likeness (QED) is 0.683. The Morgan fingerprint density at radius 1 is 1.15 bits per heavy atom. The summed E-state index contributed by atoms with van der Waals surface area (Å²) >= 11 is 0. The molecule has 2 aliphatic rings. The summed E-state index contributed by atoms with van der Waals surface area (Å²) in [5.41, 5.74) is 3.19. The van der Waals surface area contributed by atoms with Crippen molar-refractivity contribution in [2.75, 3.05) is 6.61 Å². The first-order valence-corrected chi connectivity index (χ1v) is 10.6. The van der Waals surface area contributed by atoms with Crippen LogP contribution in [0.25, 0.3) is 5.57 Å². The van der Waals surface area contributed by atoms with Crippen LogP contribution in [-0.4, -0.2) is 17.8 Å². The maximum absolute atomic E-state index is 12.6. The van der Waals surface area contributed by atoms with Gasteiger partial charge >= 0.3 is 5.97 Å². The number of carbonyl (C=O) groups excluding carboxylic acids is 1. The summed E-state index contributed by atoms with van der Waals surface area (Å²) in [6.07, 6.45) is 2.26. The van der Waals surface area contributed by atoms with E-state index in [-0.39, 0.29) is 5.97 Å². The molecule has 2 aromatic rings. The number of allylic oxidation sites excluding steroid dienone is 1. The second-order valence-corrected chi connectivity index (χ2v) is 9.14. The van der Waals surface area contributed by atoms with Gasteiger partial charge in [0.1, 0.15) is 0 Å². The van der Waals surface area contributed by atoms with Crippen LogP contribution in [-0.2, 0) is 19.2 Å². The molecule has 134 valence electrons. The first-order valence-electron chi connectivity index (χ1n) is 8.96. The molecule has 0 radical (unpaired) electrons. The summed E-state index contributed by atoms with van der Waals surface area (Å²) in [5, 5.41) is 0.447. The zero-order valence-corrected chi connectivity index (χ0v) is 15.8. The highest BCUT2D eigenvalue weighted by Gasteiger charge is 2.38. The number of ether oxygens (including phenoxy) is 1. The van der Waals surface area contributed by atoms with E-state index in [1.165, 1.54) is 0 Å². The SMILES string of the molecule is CCOC(=O)C1=C(C)N=S(=Nc2ccccc2)(C2CC2)c2ccccc21. The average Bonchev–Trinajstić information content (AvgIpc) is 3.48. The van der Waals surface area contributed by atoms with Crippen molar-refractivity contribution in [1.29, 1.82) is 0 Å². The summed E-state index contributed by atoms with van der Waals surface area (Å²) < 4.78 is 15.6. The van der Waals surface area contributed by atoms with Crippen LogP contribution in [0.2, 0.25) is 0 Å². The Kier molecular flexibility index (Phi) is 4.41. The van der Waals surface area contributed by atoms with Crippen molar-refractivity contribution in [1.82, 2.24) is 0 Å². The predicted molar refractivity (Wildman–Crippen MR) is 105 cm³/mol. The lowest BCUT2D eigenvalue weighted by Gasteiger charge is -2.25. The summed E-state index contributed by atoms with van der Waals surface area (Å²) in [5.74, 6) is -0.301. The molecule has 1 saturated carbocycles. The molecular weight excluding hydrogens is 344 g/mol. The minimum absolute atomic E-state index is 0.301. The largest absolute Gasteiger partial charge is 0.462 e. The van der Waals surface area contributed by atoms with Crippen molar-refractivity contribution in [3.63, 3.8) is 0 Å². The molecule has 1 aliphatic carbocycles. The smallest absolute Gasteiger partial charge is 0.340 e. The van der Waals surface area contributed by atoms with E-state index in [1.54, 1.807) is 0 Å². The van der Waals surface area contributed by atoms with Crippen LogP contribution >= 0.6 is 0 Å². The molecule has 1 fully saturated rings. The van der Waals surface area contributed by atoms with Crippen molar-refractivity contribution in [3.05, 3.63) is 65.9 Å². The topological polar surface area (TPSA) is 51.0 Å². The fourth-order valence-corrected chi connectivity index (χ4v) is 6.75. The normalized spacial score (nSPS) is 21.6. The van der Waals surface area contributed by atoms with E-state index in [2.05, 4.69) is 6.07 Å². The zero-order valence-electron chi connectivity index (χ0n) is 15.0. The second kappa shape index (κ2) is 6.72. The molecule has 0 amide bonds. The number of carbonyl (C=O) groups is 1. The highest BCUT2D eigenvalue weighted by Crippen LogP contribution is 2.45. The van der Waals surface area contributed by atoms with Gasteiger partial charge in [0.15, 0.2) is 0 Å². The first kappa shape index (κ1) is 17.0. The lowest BCUT2D eigenvalue weighted by atomic mass is 10.0. The summed E-state index contributed by atoms with van der Waals surface area (Å²) in [7, 11) is -1.76. The lowest BCUT2D eigenvalue weighted by molar-refractivity contribution is -0.136. The van der Waals surface area contributed by atoms with E-state index in [4.69, 9.17) is 13.5 Å². The lowest BCUT2D eigenvalue weighted by Crippen LogP contribution is -2.18. The van der Waals surface area contributed by atoms with Gasteiger partial charge in [-0.1, -0.05) is 36.4 Å². The Hall–Kier alpha value is -2.40. The molecule has 0 bridgehead atoms.